The molecule has 0 heterocycles. The molecule has 0 aliphatic carbocycles. The van der Waals surface area contributed by atoms with Crippen LogP contribution in [0.2, 0.25) is 0 Å². The number of amides is 1. The predicted molar refractivity (Wildman–Crippen MR) is 79.1 cm³/mol. The van der Waals surface area contributed by atoms with E-state index in [-0.39, 0.29) is 11.9 Å². The van der Waals surface area contributed by atoms with Crippen molar-refractivity contribution in [2.24, 2.45) is 0 Å². The van der Waals surface area contributed by atoms with Gasteiger partial charge in [-0.2, -0.15) is 0 Å². The summed E-state index contributed by atoms with van der Waals surface area (Å²) in [5.74, 6) is 1.50. The molecule has 2 N–H and O–H groups in total. The number of hydrogen-bond acceptors (Lipinski definition) is 4. The van der Waals surface area contributed by atoms with Crippen LogP contribution >= 0.6 is 0 Å². The van der Waals surface area contributed by atoms with Gasteiger partial charge in [0.1, 0.15) is 11.5 Å². The first-order valence-corrected chi connectivity index (χ1v) is 6.81. The van der Waals surface area contributed by atoms with Crippen molar-refractivity contribution in [3.63, 3.8) is 0 Å². The van der Waals surface area contributed by atoms with Gasteiger partial charge in [-0.3, -0.25) is 4.79 Å². The fraction of sp³-hybridized carbons (Fsp3) is 0.533. The Morgan fingerprint density at radius 1 is 1.30 bits per heavy atom. The van der Waals surface area contributed by atoms with E-state index in [1.807, 2.05) is 32.0 Å². The van der Waals surface area contributed by atoms with Crippen LogP contribution in [0.5, 0.6) is 11.5 Å². The highest BCUT2D eigenvalue weighted by Gasteiger charge is 2.10. The molecule has 0 saturated carbocycles. The van der Waals surface area contributed by atoms with Gasteiger partial charge in [0.15, 0.2) is 0 Å². The van der Waals surface area contributed by atoms with Crippen LogP contribution in [-0.2, 0) is 11.3 Å². The van der Waals surface area contributed by atoms with Gasteiger partial charge in [0.2, 0.25) is 5.91 Å². The van der Waals surface area contributed by atoms with Crippen molar-refractivity contribution in [3.05, 3.63) is 23.8 Å². The van der Waals surface area contributed by atoms with Crippen LogP contribution in [0, 0.1) is 0 Å². The number of methoxy groups -OCH3 is 2. The van der Waals surface area contributed by atoms with Crippen LogP contribution in [0.3, 0.4) is 0 Å². The molecule has 5 heteroatoms. The highest BCUT2D eigenvalue weighted by atomic mass is 16.5. The Labute approximate surface area is 120 Å². The molecular formula is C15H24N2O3. The van der Waals surface area contributed by atoms with Crippen LogP contribution in [0.4, 0.5) is 0 Å². The second-order valence-corrected chi connectivity index (χ2v) is 4.62. The van der Waals surface area contributed by atoms with E-state index in [1.165, 1.54) is 0 Å². The lowest BCUT2D eigenvalue weighted by Crippen LogP contribution is -2.33. The summed E-state index contributed by atoms with van der Waals surface area (Å²) in [6, 6.07) is 5.71. The molecule has 1 unspecified atom stereocenters. The van der Waals surface area contributed by atoms with Crippen LogP contribution < -0.4 is 20.1 Å². The molecule has 20 heavy (non-hydrogen) atoms. The first-order chi connectivity index (χ1) is 9.60. The highest BCUT2D eigenvalue weighted by Crippen LogP contribution is 2.23. The van der Waals surface area contributed by atoms with Gasteiger partial charge >= 0.3 is 0 Å². The summed E-state index contributed by atoms with van der Waals surface area (Å²) >= 11 is 0. The number of ether oxygens (including phenoxy) is 2. The van der Waals surface area contributed by atoms with Crippen LogP contribution in [-0.4, -0.2) is 32.7 Å². The molecule has 1 aromatic rings. The smallest absolute Gasteiger partial charge is 0.221 e. The number of nitrogens with one attached hydrogen (secondary N) is 2. The first-order valence-electron chi connectivity index (χ1n) is 6.81. The summed E-state index contributed by atoms with van der Waals surface area (Å²) < 4.78 is 10.5. The average Bonchev–Trinajstić information content (AvgIpc) is 2.44. The first kappa shape index (κ1) is 16.3. The SMILES string of the molecule is CCNC(C)CC(=O)NCc1cc(OC)ccc1OC. The molecule has 0 bridgehead atoms. The highest BCUT2D eigenvalue weighted by molar-refractivity contribution is 5.76. The van der Waals surface area contributed by atoms with Gasteiger partial charge in [-0.1, -0.05) is 6.92 Å². The molecule has 0 spiro atoms. The standard InChI is InChI=1S/C15H24N2O3/c1-5-16-11(2)8-15(18)17-10-12-9-13(19-3)6-7-14(12)20-4/h6-7,9,11,16H,5,8,10H2,1-4H3,(H,17,18). The average molecular weight is 280 g/mol. The Hall–Kier alpha value is -1.75. The zero-order valence-corrected chi connectivity index (χ0v) is 12.7. The minimum Gasteiger partial charge on any atom is -0.497 e. The molecular weight excluding hydrogens is 256 g/mol. The van der Waals surface area contributed by atoms with Gasteiger partial charge in [-0.15, -0.1) is 0 Å². The topological polar surface area (TPSA) is 59.6 Å². The zero-order chi connectivity index (χ0) is 15.0. The maximum absolute atomic E-state index is 11.8. The maximum atomic E-state index is 11.8. The van der Waals surface area contributed by atoms with Crippen molar-refractivity contribution in [3.8, 4) is 11.5 Å². The third-order valence-corrected chi connectivity index (χ3v) is 3.01. The van der Waals surface area contributed by atoms with Crippen molar-refractivity contribution in [2.45, 2.75) is 32.9 Å². The Balaban J connectivity index is 2.57. The molecule has 1 amide bonds. The number of rotatable bonds is 8. The number of benzene rings is 1. The summed E-state index contributed by atoms with van der Waals surface area (Å²) in [5, 5.41) is 6.11. The van der Waals surface area contributed by atoms with Crippen molar-refractivity contribution >= 4 is 5.91 Å². The zero-order valence-electron chi connectivity index (χ0n) is 12.7. The lowest BCUT2D eigenvalue weighted by Gasteiger charge is -2.14. The van der Waals surface area contributed by atoms with Gasteiger partial charge in [-0.05, 0) is 31.7 Å². The van der Waals surface area contributed by atoms with Crippen molar-refractivity contribution in [2.75, 3.05) is 20.8 Å². The van der Waals surface area contributed by atoms with Gasteiger partial charge in [0.25, 0.3) is 0 Å². The molecule has 1 aromatic carbocycles. The van der Waals surface area contributed by atoms with E-state index in [2.05, 4.69) is 10.6 Å². The quantitative estimate of drug-likeness (QED) is 0.761. The van der Waals surface area contributed by atoms with Crippen molar-refractivity contribution in [1.29, 1.82) is 0 Å². The van der Waals surface area contributed by atoms with Gasteiger partial charge in [-0.25, -0.2) is 0 Å². The largest absolute Gasteiger partial charge is 0.497 e. The fourth-order valence-corrected chi connectivity index (χ4v) is 1.98. The molecule has 112 valence electrons. The van der Waals surface area contributed by atoms with E-state index >= 15 is 0 Å². The van der Waals surface area contributed by atoms with E-state index in [0.717, 1.165) is 23.6 Å². The monoisotopic (exact) mass is 280 g/mol. The number of hydrogen-bond donors (Lipinski definition) is 2. The van der Waals surface area contributed by atoms with Crippen molar-refractivity contribution < 1.29 is 14.3 Å². The minimum atomic E-state index is 0.0170. The fourth-order valence-electron chi connectivity index (χ4n) is 1.98. The lowest BCUT2D eigenvalue weighted by atomic mass is 10.1. The summed E-state index contributed by atoms with van der Waals surface area (Å²) in [6.45, 7) is 5.31. The molecule has 1 rings (SSSR count). The normalized spacial score (nSPS) is 11.8. The van der Waals surface area contributed by atoms with E-state index < -0.39 is 0 Å². The predicted octanol–water partition coefficient (Wildman–Crippen LogP) is 1.71. The van der Waals surface area contributed by atoms with Gasteiger partial charge in [0, 0.05) is 24.6 Å². The van der Waals surface area contributed by atoms with Crippen LogP contribution in [0.25, 0.3) is 0 Å². The molecule has 0 fully saturated rings. The summed E-state index contributed by atoms with van der Waals surface area (Å²) in [4.78, 5) is 11.8. The van der Waals surface area contributed by atoms with Gasteiger partial charge < -0.3 is 20.1 Å². The molecule has 0 aliphatic rings. The Morgan fingerprint density at radius 2 is 2.05 bits per heavy atom. The third-order valence-electron chi connectivity index (χ3n) is 3.01. The summed E-state index contributed by atoms with van der Waals surface area (Å²) in [7, 11) is 3.22. The molecule has 0 aliphatic heterocycles. The number of carbonyl (C=O) groups excluding carboxylic acids is 1. The number of carbonyl (C=O) groups is 1. The summed E-state index contributed by atoms with van der Waals surface area (Å²) in [5.41, 5.74) is 0.899. The Morgan fingerprint density at radius 3 is 2.65 bits per heavy atom. The van der Waals surface area contributed by atoms with Crippen LogP contribution in [0.15, 0.2) is 18.2 Å². The molecule has 0 aromatic heterocycles. The second-order valence-electron chi connectivity index (χ2n) is 4.62. The second kappa shape index (κ2) is 8.43. The Kier molecular flexibility index (Phi) is 6.87. The van der Waals surface area contributed by atoms with E-state index in [1.54, 1.807) is 14.2 Å². The van der Waals surface area contributed by atoms with E-state index in [9.17, 15) is 4.79 Å². The molecule has 0 radical (unpaired) electrons. The maximum Gasteiger partial charge on any atom is 0.221 e. The molecule has 1 atom stereocenters. The minimum absolute atomic E-state index is 0.0170. The Bertz CT molecular complexity index is 435. The lowest BCUT2D eigenvalue weighted by molar-refractivity contribution is -0.121. The van der Waals surface area contributed by atoms with Crippen LogP contribution in [0.1, 0.15) is 25.8 Å². The summed E-state index contributed by atoms with van der Waals surface area (Å²) in [6.07, 6.45) is 0.458. The van der Waals surface area contributed by atoms with E-state index in [4.69, 9.17) is 9.47 Å². The molecule has 5 nitrogen and oxygen atoms in total. The molecule has 0 saturated heterocycles. The van der Waals surface area contributed by atoms with E-state index in [0.29, 0.717) is 13.0 Å². The van der Waals surface area contributed by atoms with Crippen molar-refractivity contribution in [1.82, 2.24) is 10.6 Å². The third kappa shape index (κ3) is 5.09. The van der Waals surface area contributed by atoms with Gasteiger partial charge in [0.05, 0.1) is 14.2 Å².